The third-order valence-corrected chi connectivity index (χ3v) is 6.95. The molecule has 0 aliphatic carbocycles. The highest BCUT2D eigenvalue weighted by Gasteiger charge is 2.29. The van der Waals surface area contributed by atoms with E-state index in [1.807, 2.05) is 24.3 Å². The Hall–Kier alpha value is -2.13. The standard InChI is InChI=1S/C23H25ClFN3O3S/c1-14(28-8-9-30-20(12-28)16-4-7-19(25)18(24)11-16)13-31-17-5-2-15(3-6-17)10-21-22(29)27-23(26)32-21/h2-7,11,14,20-21H,8-10,12-13H2,1H3,(H2,26,27,29). The van der Waals surface area contributed by atoms with E-state index < -0.39 is 5.82 Å². The summed E-state index contributed by atoms with van der Waals surface area (Å²) in [7, 11) is 0. The number of rotatable bonds is 7. The molecule has 0 aromatic heterocycles. The second-order valence-corrected chi connectivity index (χ2v) is 9.58. The lowest BCUT2D eigenvalue weighted by molar-refractivity contribution is -0.118. The minimum atomic E-state index is -0.430. The Morgan fingerprint density at radius 2 is 2.12 bits per heavy atom. The number of ether oxygens (including phenoxy) is 2. The van der Waals surface area contributed by atoms with Crippen molar-refractivity contribution in [3.05, 3.63) is 64.4 Å². The second-order valence-electron chi connectivity index (χ2n) is 7.96. The molecule has 1 amide bonds. The van der Waals surface area contributed by atoms with E-state index in [4.69, 9.17) is 26.5 Å². The predicted molar refractivity (Wildman–Crippen MR) is 124 cm³/mol. The van der Waals surface area contributed by atoms with Crippen LogP contribution in [0.15, 0.2) is 42.5 Å². The maximum atomic E-state index is 13.5. The van der Waals surface area contributed by atoms with Gasteiger partial charge in [-0.25, -0.2) is 4.39 Å². The predicted octanol–water partition coefficient (Wildman–Crippen LogP) is 4.03. The van der Waals surface area contributed by atoms with Crippen LogP contribution in [0, 0.1) is 11.2 Å². The number of nitrogens with one attached hydrogen (secondary N) is 2. The summed E-state index contributed by atoms with van der Waals surface area (Å²) in [6, 6.07) is 12.6. The summed E-state index contributed by atoms with van der Waals surface area (Å²) in [5.74, 6) is 0.230. The number of benzene rings is 2. The van der Waals surface area contributed by atoms with E-state index in [2.05, 4.69) is 17.1 Å². The number of hydrogen-bond donors (Lipinski definition) is 2. The highest BCUT2D eigenvalue weighted by atomic mass is 35.5. The van der Waals surface area contributed by atoms with Gasteiger partial charge in [0.05, 0.1) is 23.0 Å². The zero-order valence-electron chi connectivity index (χ0n) is 17.6. The molecule has 9 heteroatoms. The number of halogens is 2. The zero-order valence-corrected chi connectivity index (χ0v) is 19.2. The molecule has 0 spiro atoms. The van der Waals surface area contributed by atoms with Crippen molar-refractivity contribution in [3.8, 4) is 5.75 Å². The summed E-state index contributed by atoms with van der Waals surface area (Å²) in [5, 5.41) is 10.1. The molecule has 2 fully saturated rings. The van der Waals surface area contributed by atoms with Crippen molar-refractivity contribution >= 4 is 34.4 Å². The molecule has 2 aromatic rings. The van der Waals surface area contributed by atoms with Gasteiger partial charge in [-0.1, -0.05) is 41.6 Å². The van der Waals surface area contributed by atoms with Gasteiger partial charge in [0.25, 0.3) is 0 Å². The number of amidine groups is 1. The first-order chi connectivity index (χ1) is 15.4. The van der Waals surface area contributed by atoms with Gasteiger partial charge in [0.1, 0.15) is 18.2 Å². The van der Waals surface area contributed by atoms with Gasteiger partial charge in [-0.3, -0.25) is 15.1 Å². The third kappa shape index (κ3) is 5.61. The Morgan fingerprint density at radius 3 is 2.81 bits per heavy atom. The number of carbonyl (C=O) groups is 1. The highest BCUT2D eigenvalue weighted by Crippen LogP contribution is 2.27. The molecule has 3 unspecified atom stereocenters. The topological polar surface area (TPSA) is 74.7 Å². The summed E-state index contributed by atoms with van der Waals surface area (Å²) in [4.78, 5) is 14.1. The van der Waals surface area contributed by atoms with Crippen LogP contribution < -0.4 is 10.1 Å². The molecule has 2 aliphatic rings. The van der Waals surface area contributed by atoms with E-state index >= 15 is 0 Å². The van der Waals surface area contributed by atoms with Crippen molar-refractivity contribution in [3.63, 3.8) is 0 Å². The average Bonchev–Trinajstić information content (AvgIpc) is 3.11. The van der Waals surface area contributed by atoms with E-state index in [9.17, 15) is 9.18 Å². The van der Waals surface area contributed by atoms with Crippen LogP contribution in [-0.4, -0.2) is 53.6 Å². The van der Waals surface area contributed by atoms with Crippen molar-refractivity contribution in [2.45, 2.75) is 30.7 Å². The molecule has 0 radical (unpaired) electrons. The van der Waals surface area contributed by atoms with Crippen LogP contribution in [0.3, 0.4) is 0 Å². The van der Waals surface area contributed by atoms with E-state index in [0.29, 0.717) is 26.2 Å². The van der Waals surface area contributed by atoms with E-state index in [-0.39, 0.29) is 33.5 Å². The molecular formula is C23H25ClFN3O3S. The summed E-state index contributed by atoms with van der Waals surface area (Å²) in [6.07, 6.45) is 0.425. The smallest absolute Gasteiger partial charge is 0.239 e. The third-order valence-electron chi connectivity index (χ3n) is 5.66. The molecule has 2 saturated heterocycles. The molecule has 32 heavy (non-hydrogen) atoms. The fourth-order valence-electron chi connectivity index (χ4n) is 3.79. The summed E-state index contributed by atoms with van der Waals surface area (Å²) >= 11 is 7.18. The molecule has 2 aromatic carbocycles. The van der Waals surface area contributed by atoms with Crippen molar-refractivity contribution in [1.82, 2.24) is 10.2 Å². The Kier molecular flexibility index (Phi) is 7.35. The highest BCUT2D eigenvalue weighted by molar-refractivity contribution is 8.15. The van der Waals surface area contributed by atoms with E-state index in [1.54, 1.807) is 12.1 Å². The van der Waals surface area contributed by atoms with E-state index in [0.717, 1.165) is 23.4 Å². The average molecular weight is 478 g/mol. The number of nitrogens with zero attached hydrogens (tertiary/aromatic N) is 1. The molecule has 2 heterocycles. The van der Waals surface area contributed by atoms with E-state index in [1.165, 1.54) is 17.8 Å². The first-order valence-electron chi connectivity index (χ1n) is 10.5. The Morgan fingerprint density at radius 1 is 1.34 bits per heavy atom. The first kappa shape index (κ1) is 23.0. The molecular weight excluding hydrogens is 453 g/mol. The van der Waals surface area contributed by atoms with Gasteiger partial charge in [0.15, 0.2) is 5.17 Å². The minimum Gasteiger partial charge on any atom is -0.492 e. The molecule has 2 aliphatic heterocycles. The first-order valence-corrected chi connectivity index (χ1v) is 11.7. The largest absolute Gasteiger partial charge is 0.492 e. The van der Waals surface area contributed by atoms with Crippen LogP contribution >= 0.6 is 23.4 Å². The van der Waals surface area contributed by atoms with Gasteiger partial charge in [-0.15, -0.1) is 0 Å². The second kappa shape index (κ2) is 10.2. The molecule has 0 saturated carbocycles. The van der Waals surface area contributed by atoms with Gasteiger partial charge in [0, 0.05) is 19.1 Å². The lowest BCUT2D eigenvalue weighted by Gasteiger charge is -2.37. The van der Waals surface area contributed by atoms with Gasteiger partial charge >= 0.3 is 0 Å². The van der Waals surface area contributed by atoms with Crippen LogP contribution in [0.2, 0.25) is 5.02 Å². The summed E-state index contributed by atoms with van der Waals surface area (Å²) in [6.45, 7) is 4.70. The number of amides is 1. The van der Waals surface area contributed by atoms with Crippen LogP contribution in [-0.2, 0) is 16.0 Å². The molecule has 4 rings (SSSR count). The number of hydrogen-bond acceptors (Lipinski definition) is 6. The number of morpholine rings is 1. The van der Waals surface area contributed by atoms with Crippen LogP contribution in [0.1, 0.15) is 24.2 Å². The monoisotopic (exact) mass is 477 g/mol. The van der Waals surface area contributed by atoms with Gasteiger partial charge in [-0.2, -0.15) is 0 Å². The minimum absolute atomic E-state index is 0.105. The van der Waals surface area contributed by atoms with Crippen molar-refractivity contribution in [1.29, 1.82) is 5.41 Å². The van der Waals surface area contributed by atoms with Gasteiger partial charge < -0.3 is 14.8 Å². The van der Waals surface area contributed by atoms with Gasteiger partial charge in [0.2, 0.25) is 5.91 Å². The Bertz CT molecular complexity index is 991. The van der Waals surface area contributed by atoms with Crippen molar-refractivity contribution < 1.29 is 18.7 Å². The summed E-state index contributed by atoms with van der Waals surface area (Å²) in [5.41, 5.74) is 1.90. The van der Waals surface area contributed by atoms with Crippen LogP contribution in [0.4, 0.5) is 4.39 Å². The number of carbonyl (C=O) groups excluding carboxylic acids is 1. The Labute approximate surface area is 195 Å². The zero-order chi connectivity index (χ0) is 22.7. The van der Waals surface area contributed by atoms with Gasteiger partial charge in [-0.05, 0) is 48.7 Å². The fraction of sp³-hybridized carbons (Fsp3) is 0.391. The SMILES string of the molecule is CC(COc1ccc(CC2SC(=N)NC2=O)cc1)N1CCOC(c2ccc(F)c(Cl)c2)C1. The lowest BCUT2D eigenvalue weighted by Crippen LogP contribution is -2.45. The molecule has 6 nitrogen and oxygen atoms in total. The van der Waals surface area contributed by atoms with Crippen LogP contribution in [0.5, 0.6) is 5.75 Å². The molecule has 170 valence electrons. The summed E-state index contributed by atoms with van der Waals surface area (Å²) < 4.78 is 25.3. The quantitative estimate of drug-likeness (QED) is 0.629. The maximum Gasteiger partial charge on any atom is 0.239 e. The molecule has 3 atom stereocenters. The fourth-order valence-corrected chi connectivity index (χ4v) is 4.87. The normalized spacial score (nSPS) is 22.6. The van der Waals surface area contributed by atoms with Crippen molar-refractivity contribution in [2.75, 3.05) is 26.3 Å². The van der Waals surface area contributed by atoms with Crippen molar-refractivity contribution in [2.24, 2.45) is 0 Å². The maximum absolute atomic E-state index is 13.5. The number of thioether (sulfide) groups is 1. The molecule has 2 N–H and O–H groups in total. The molecule has 0 bridgehead atoms. The van der Waals surface area contributed by atoms with Crippen LogP contribution in [0.25, 0.3) is 0 Å². The Balaban J connectivity index is 1.28. The lowest BCUT2D eigenvalue weighted by atomic mass is 10.1.